The number of carbonyl (C=O) groups excluding carboxylic acids is 2. The summed E-state index contributed by atoms with van der Waals surface area (Å²) in [6, 6.07) is 0. The van der Waals surface area contributed by atoms with E-state index < -0.39 is 24.3 Å². The molecule has 0 aromatic carbocycles. The van der Waals surface area contributed by atoms with E-state index in [1.807, 2.05) is 0 Å². The van der Waals surface area contributed by atoms with E-state index in [1.165, 1.54) is 38.7 Å². The van der Waals surface area contributed by atoms with Gasteiger partial charge in [-0.05, 0) is 84.9 Å². The number of ether oxygens (including phenoxy) is 2. The minimum absolute atomic E-state index is 0.0628. The molecule has 5 aliphatic rings. The van der Waals surface area contributed by atoms with Crippen molar-refractivity contribution < 1.29 is 24.2 Å². The van der Waals surface area contributed by atoms with Crippen LogP contribution in [-0.2, 0) is 19.1 Å². The lowest BCUT2D eigenvalue weighted by atomic mass is 9.38. The molecule has 1 N–H and O–H groups in total. The fraction of sp³-hybridized carbons (Fsp3) is 0.852. The molecular formula is C27H40O5. The molecule has 0 aromatic heterocycles. The van der Waals surface area contributed by atoms with E-state index in [4.69, 9.17) is 9.47 Å². The molecule has 32 heavy (non-hydrogen) atoms. The summed E-state index contributed by atoms with van der Waals surface area (Å²) in [6.45, 7) is 11.4. The zero-order chi connectivity index (χ0) is 23.1. The standard InChI is InChI=1S/C27H40O5/c1-15(28)31-19-14-18-16(23(30)24-17(19)13-22(29)32-24)7-8-21-26(18,4)12-9-20-25(2,3)10-6-11-27(20,21)5/h13,16,18-21,23-24,30H,6-12,14H2,1-5H3/t16-,18+,19+,20-,21-,23+,24?,26-,27-/m0/s1. The molecule has 0 radical (unpaired) electrons. The highest BCUT2D eigenvalue weighted by Crippen LogP contribution is 2.70. The number of aliphatic hydroxyl groups excluding tert-OH is 1. The van der Waals surface area contributed by atoms with Gasteiger partial charge >= 0.3 is 11.9 Å². The summed E-state index contributed by atoms with van der Waals surface area (Å²) < 4.78 is 11.3. The summed E-state index contributed by atoms with van der Waals surface area (Å²) in [6.07, 6.45) is 8.60. The fourth-order valence-corrected chi connectivity index (χ4v) is 9.59. The molecule has 4 aliphatic carbocycles. The van der Waals surface area contributed by atoms with Crippen LogP contribution in [0.1, 0.15) is 86.0 Å². The van der Waals surface area contributed by atoms with Crippen LogP contribution in [0.2, 0.25) is 0 Å². The Bertz CT molecular complexity index is 845. The van der Waals surface area contributed by atoms with Gasteiger partial charge in [-0.25, -0.2) is 4.79 Å². The second-order valence-electron chi connectivity index (χ2n) is 12.7. The van der Waals surface area contributed by atoms with E-state index in [0.29, 0.717) is 28.7 Å². The summed E-state index contributed by atoms with van der Waals surface area (Å²) in [5, 5.41) is 11.5. The Labute approximate surface area is 192 Å². The smallest absolute Gasteiger partial charge is 0.331 e. The molecule has 1 aliphatic heterocycles. The van der Waals surface area contributed by atoms with Crippen LogP contribution in [0.15, 0.2) is 11.6 Å². The lowest BCUT2D eigenvalue weighted by Crippen LogP contribution is -2.60. The van der Waals surface area contributed by atoms with Crippen molar-refractivity contribution >= 4 is 11.9 Å². The van der Waals surface area contributed by atoms with E-state index in [0.717, 1.165) is 25.2 Å². The number of esters is 2. The molecule has 5 nitrogen and oxygen atoms in total. The average Bonchev–Trinajstić information content (AvgIpc) is 3.03. The van der Waals surface area contributed by atoms with Gasteiger partial charge in [0.05, 0.1) is 6.10 Å². The topological polar surface area (TPSA) is 72.8 Å². The number of carbonyl (C=O) groups is 2. The Morgan fingerprint density at radius 1 is 1.06 bits per heavy atom. The maximum absolute atomic E-state index is 12.1. The van der Waals surface area contributed by atoms with Crippen molar-refractivity contribution in [3.63, 3.8) is 0 Å². The Morgan fingerprint density at radius 3 is 2.53 bits per heavy atom. The maximum Gasteiger partial charge on any atom is 0.331 e. The lowest BCUT2D eigenvalue weighted by Gasteiger charge is -2.67. The van der Waals surface area contributed by atoms with Crippen LogP contribution in [0.5, 0.6) is 0 Å². The molecule has 0 bridgehead atoms. The molecule has 0 spiro atoms. The van der Waals surface area contributed by atoms with Gasteiger partial charge in [0, 0.05) is 18.6 Å². The Morgan fingerprint density at radius 2 is 1.81 bits per heavy atom. The highest BCUT2D eigenvalue weighted by Gasteiger charge is 2.64. The first-order valence-electron chi connectivity index (χ1n) is 12.7. The summed E-state index contributed by atoms with van der Waals surface area (Å²) >= 11 is 0. The summed E-state index contributed by atoms with van der Waals surface area (Å²) in [5.41, 5.74) is 1.44. The monoisotopic (exact) mass is 444 g/mol. The number of fused-ring (bicyclic) bond motifs is 6. The fourth-order valence-electron chi connectivity index (χ4n) is 9.59. The first-order chi connectivity index (χ1) is 15.0. The van der Waals surface area contributed by atoms with E-state index in [9.17, 15) is 14.7 Å². The molecular weight excluding hydrogens is 404 g/mol. The van der Waals surface area contributed by atoms with E-state index in [1.54, 1.807) is 0 Å². The predicted octanol–water partition coefficient (Wildman–Crippen LogP) is 4.81. The average molecular weight is 445 g/mol. The SMILES string of the molecule is CC(=O)O[C@@H]1C[C@@H]2[C@H](CC[C@H]3[C@@]2(C)CC[C@H]2C(C)(C)CCC[C@]32C)[C@@H](O)C2OC(=O)C=C21. The number of hydrogen-bond donors (Lipinski definition) is 1. The second-order valence-corrected chi connectivity index (χ2v) is 12.7. The molecule has 1 unspecified atom stereocenters. The van der Waals surface area contributed by atoms with E-state index in [2.05, 4.69) is 27.7 Å². The Kier molecular flexibility index (Phi) is 5.13. The quantitative estimate of drug-likeness (QED) is 0.588. The van der Waals surface area contributed by atoms with Crippen LogP contribution >= 0.6 is 0 Å². The van der Waals surface area contributed by atoms with Gasteiger partial charge in [0.1, 0.15) is 6.10 Å². The first-order valence-corrected chi connectivity index (χ1v) is 12.7. The number of rotatable bonds is 1. The first kappa shape index (κ1) is 22.4. The molecule has 178 valence electrons. The van der Waals surface area contributed by atoms with E-state index in [-0.39, 0.29) is 23.2 Å². The predicted molar refractivity (Wildman–Crippen MR) is 120 cm³/mol. The lowest BCUT2D eigenvalue weighted by molar-refractivity contribution is -0.191. The van der Waals surface area contributed by atoms with Crippen molar-refractivity contribution in [2.75, 3.05) is 0 Å². The second kappa shape index (κ2) is 7.32. The molecule has 5 heteroatoms. The van der Waals surface area contributed by atoms with Crippen LogP contribution in [0, 0.1) is 39.9 Å². The molecule has 0 amide bonds. The van der Waals surface area contributed by atoms with Crippen molar-refractivity contribution in [1.29, 1.82) is 0 Å². The van der Waals surface area contributed by atoms with Crippen molar-refractivity contribution in [3.05, 3.63) is 11.6 Å². The molecule has 9 atom stereocenters. The van der Waals surface area contributed by atoms with Gasteiger partial charge in [-0.15, -0.1) is 0 Å². The van der Waals surface area contributed by atoms with Crippen LogP contribution in [0.3, 0.4) is 0 Å². The summed E-state index contributed by atoms with van der Waals surface area (Å²) in [7, 11) is 0. The molecule has 4 fully saturated rings. The number of hydrogen-bond acceptors (Lipinski definition) is 5. The van der Waals surface area contributed by atoms with Crippen molar-refractivity contribution in [2.45, 2.75) is 104 Å². The maximum atomic E-state index is 12.1. The van der Waals surface area contributed by atoms with Gasteiger partial charge in [0.15, 0.2) is 6.10 Å². The van der Waals surface area contributed by atoms with Crippen LogP contribution in [-0.4, -0.2) is 35.4 Å². The largest absolute Gasteiger partial charge is 0.458 e. The molecule has 1 heterocycles. The van der Waals surface area contributed by atoms with Crippen molar-refractivity contribution in [3.8, 4) is 0 Å². The zero-order valence-corrected chi connectivity index (χ0v) is 20.4. The summed E-state index contributed by atoms with van der Waals surface area (Å²) in [5.74, 6) is 0.873. The van der Waals surface area contributed by atoms with Gasteiger partial charge in [0.2, 0.25) is 0 Å². The van der Waals surface area contributed by atoms with Gasteiger partial charge in [-0.2, -0.15) is 0 Å². The molecule has 4 saturated carbocycles. The minimum Gasteiger partial charge on any atom is -0.458 e. The Balaban J connectivity index is 1.54. The number of aliphatic hydroxyl groups is 1. The van der Waals surface area contributed by atoms with Gasteiger partial charge in [0.25, 0.3) is 0 Å². The summed E-state index contributed by atoms with van der Waals surface area (Å²) in [4.78, 5) is 24.0. The van der Waals surface area contributed by atoms with Gasteiger partial charge in [-0.1, -0.05) is 34.1 Å². The van der Waals surface area contributed by atoms with Crippen LogP contribution < -0.4 is 0 Å². The third kappa shape index (κ3) is 3.13. The molecule has 0 saturated heterocycles. The van der Waals surface area contributed by atoms with Crippen molar-refractivity contribution in [1.82, 2.24) is 0 Å². The molecule has 5 rings (SSSR count). The zero-order valence-electron chi connectivity index (χ0n) is 20.4. The third-order valence-electron chi connectivity index (χ3n) is 10.7. The van der Waals surface area contributed by atoms with E-state index >= 15 is 0 Å². The van der Waals surface area contributed by atoms with Gasteiger partial charge in [-0.3, -0.25) is 4.79 Å². The van der Waals surface area contributed by atoms with Crippen LogP contribution in [0.4, 0.5) is 0 Å². The van der Waals surface area contributed by atoms with Gasteiger partial charge < -0.3 is 14.6 Å². The highest BCUT2D eigenvalue weighted by molar-refractivity contribution is 5.86. The normalized spacial score (nSPS) is 49.4. The third-order valence-corrected chi connectivity index (χ3v) is 10.7. The minimum atomic E-state index is -0.732. The van der Waals surface area contributed by atoms with Crippen LogP contribution in [0.25, 0.3) is 0 Å². The van der Waals surface area contributed by atoms with Crippen molar-refractivity contribution in [2.24, 2.45) is 39.9 Å². The highest BCUT2D eigenvalue weighted by atomic mass is 16.6. The Hall–Kier alpha value is -1.36. The molecule has 0 aromatic rings.